The van der Waals surface area contributed by atoms with Crippen molar-refractivity contribution in [2.75, 3.05) is 19.1 Å². The summed E-state index contributed by atoms with van der Waals surface area (Å²) in [5, 5.41) is 11.0. The van der Waals surface area contributed by atoms with Crippen LogP contribution in [0.5, 0.6) is 5.75 Å². The van der Waals surface area contributed by atoms with Gasteiger partial charge in [-0.2, -0.15) is 0 Å². The molecule has 0 unspecified atom stereocenters. The number of methoxy groups -OCH3 is 2. The predicted molar refractivity (Wildman–Crippen MR) is 106 cm³/mol. The molecule has 148 valence electrons. The average Bonchev–Trinajstić information content (AvgIpc) is 2.97. The standard InChI is InChI=1S/C21H18N2O6/c1-13-19(21(25)29-3)18(12-14-5-4-6-16(11-14)23(26)27)20(24)22(13)15-7-9-17(28-2)10-8-15/h4-12H,1-3H3/b18-12-. The van der Waals surface area contributed by atoms with Gasteiger partial charge in [-0.1, -0.05) is 12.1 Å². The maximum Gasteiger partial charge on any atom is 0.340 e. The van der Waals surface area contributed by atoms with Crippen LogP contribution in [0, 0.1) is 10.1 Å². The maximum atomic E-state index is 13.2. The third-order valence-corrected chi connectivity index (χ3v) is 4.51. The molecule has 0 bridgehead atoms. The molecule has 0 aliphatic carbocycles. The van der Waals surface area contributed by atoms with Gasteiger partial charge < -0.3 is 9.47 Å². The summed E-state index contributed by atoms with van der Waals surface area (Å²) < 4.78 is 10.00. The highest BCUT2D eigenvalue weighted by Gasteiger charge is 2.37. The van der Waals surface area contributed by atoms with Gasteiger partial charge in [-0.3, -0.25) is 19.8 Å². The van der Waals surface area contributed by atoms with Gasteiger partial charge in [0.1, 0.15) is 5.75 Å². The minimum absolute atomic E-state index is 0.102. The van der Waals surface area contributed by atoms with Crippen molar-refractivity contribution in [3.8, 4) is 5.75 Å². The predicted octanol–water partition coefficient (Wildman–Crippen LogP) is 3.48. The highest BCUT2D eigenvalue weighted by Crippen LogP contribution is 2.36. The van der Waals surface area contributed by atoms with Crippen LogP contribution in [-0.4, -0.2) is 31.0 Å². The average molecular weight is 394 g/mol. The van der Waals surface area contributed by atoms with Gasteiger partial charge in [0.15, 0.2) is 0 Å². The highest BCUT2D eigenvalue weighted by atomic mass is 16.6. The fourth-order valence-electron chi connectivity index (χ4n) is 3.12. The minimum atomic E-state index is -0.663. The maximum absolute atomic E-state index is 13.2. The molecule has 0 saturated carbocycles. The van der Waals surface area contributed by atoms with Crippen molar-refractivity contribution in [2.24, 2.45) is 0 Å². The van der Waals surface area contributed by atoms with Gasteiger partial charge in [0.05, 0.1) is 30.3 Å². The van der Waals surface area contributed by atoms with Crippen molar-refractivity contribution in [3.05, 3.63) is 81.1 Å². The molecule has 8 heteroatoms. The van der Waals surface area contributed by atoms with E-state index in [1.807, 2.05) is 0 Å². The molecule has 0 atom stereocenters. The third-order valence-electron chi connectivity index (χ3n) is 4.51. The molecule has 2 aromatic rings. The summed E-state index contributed by atoms with van der Waals surface area (Å²) in [5.74, 6) is -0.467. The lowest BCUT2D eigenvalue weighted by Crippen LogP contribution is -2.24. The second-order valence-corrected chi connectivity index (χ2v) is 6.20. The molecular formula is C21H18N2O6. The number of benzene rings is 2. The van der Waals surface area contributed by atoms with Gasteiger partial charge in [-0.25, -0.2) is 4.79 Å². The van der Waals surface area contributed by atoms with Crippen molar-refractivity contribution in [1.29, 1.82) is 0 Å². The molecule has 8 nitrogen and oxygen atoms in total. The number of allylic oxidation sites excluding steroid dienone is 1. The molecule has 0 radical (unpaired) electrons. The van der Waals surface area contributed by atoms with Crippen molar-refractivity contribution in [3.63, 3.8) is 0 Å². The zero-order chi connectivity index (χ0) is 21.1. The van der Waals surface area contributed by atoms with Gasteiger partial charge in [0.25, 0.3) is 11.6 Å². The van der Waals surface area contributed by atoms with Crippen LogP contribution in [0.4, 0.5) is 11.4 Å². The van der Waals surface area contributed by atoms with Crippen LogP contribution in [0.25, 0.3) is 6.08 Å². The number of hydrogen-bond acceptors (Lipinski definition) is 6. The Morgan fingerprint density at radius 1 is 1.14 bits per heavy atom. The molecule has 0 spiro atoms. The Labute approximate surface area is 166 Å². The van der Waals surface area contributed by atoms with Gasteiger partial charge >= 0.3 is 5.97 Å². The Balaban J connectivity index is 2.11. The molecule has 29 heavy (non-hydrogen) atoms. The topological polar surface area (TPSA) is 99.0 Å². The van der Waals surface area contributed by atoms with Crippen LogP contribution < -0.4 is 9.64 Å². The fraction of sp³-hybridized carbons (Fsp3) is 0.143. The number of carbonyl (C=O) groups is 2. The van der Waals surface area contributed by atoms with E-state index in [4.69, 9.17) is 9.47 Å². The zero-order valence-electron chi connectivity index (χ0n) is 16.0. The van der Waals surface area contributed by atoms with E-state index in [1.54, 1.807) is 37.3 Å². The highest BCUT2D eigenvalue weighted by molar-refractivity contribution is 6.23. The fourth-order valence-corrected chi connectivity index (χ4v) is 3.12. The summed E-state index contributed by atoms with van der Waals surface area (Å²) in [6, 6.07) is 12.6. The Morgan fingerprint density at radius 3 is 2.41 bits per heavy atom. The lowest BCUT2D eigenvalue weighted by molar-refractivity contribution is -0.384. The normalized spacial score (nSPS) is 15.1. The summed E-state index contributed by atoms with van der Waals surface area (Å²) in [6.07, 6.45) is 1.45. The SMILES string of the molecule is COC(=O)C1=C(C)N(c2ccc(OC)cc2)C(=O)/C1=C\c1cccc([N+](=O)[O-])c1. The van der Waals surface area contributed by atoms with Crippen LogP contribution in [0.2, 0.25) is 0 Å². The molecule has 0 fully saturated rings. The van der Waals surface area contributed by atoms with Crippen molar-refractivity contribution < 1.29 is 24.0 Å². The molecule has 1 heterocycles. The van der Waals surface area contributed by atoms with E-state index in [1.165, 1.54) is 43.4 Å². The van der Waals surface area contributed by atoms with Gasteiger partial charge in [0, 0.05) is 23.5 Å². The minimum Gasteiger partial charge on any atom is -0.497 e. The van der Waals surface area contributed by atoms with Gasteiger partial charge in [-0.05, 0) is 42.8 Å². The monoisotopic (exact) mass is 394 g/mol. The first-order valence-electron chi connectivity index (χ1n) is 8.61. The van der Waals surface area contributed by atoms with Crippen LogP contribution in [0.1, 0.15) is 12.5 Å². The second-order valence-electron chi connectivity index (χ2n) is 6.20. The van der Waals surface area contributed by atoms with Gasteiger partial charge in [-0.15, -0.1) is 0 Å². The molecule has 0 saturated heterocycles. The summed E-state index contributed by atoms with van der Waals surface area (Å²) in [7, 11) is 2.77. The first-order chi connectivity index (χ1) is 13.9. The van der Waals surface area contributed by atoms with Crippen molar-refractivity contribution >= 4 is 29.3 Å². The molecule has 2 aromatic carbocycles. The molecular weight excluding hydrogens is 376 g/mol. The summed E-state index contributed by atoms with van der Waals surface area (Å²) >= 11 is 0. The van der Waals surface area contributed by atoms with Crippen LogP contribution >= 0.6 is 0 Å². The number of hydrogen-bond donors (Lipinski definition) is 0. The Kier molecular flexibility index (Phi) is 5.45. The Morgan fingerprint density at radius 2 is 1.83 bits per heavy atom. The number of nitro groups is 1. The number of nitrogens with zero attached hydrogens (tertiary/aromatic N) is 2. The molecule has 1 amide bonds. The number of rotatable bonds is 5. The smallest absolute Gasteiger partial charge is 0.340 e. The summed E-state index contributed by atoms with van der Waals surface area (Å²) in [4.78, 5) is 37.5. The van der Waals surface area contributed by atoms with Crippen LogP contribution in [0.15, 0.2) is 65.4 Å². The molecule has 3 rings (SSSR count). The number of amides is 1. The lowest BCUT2D eigenvalue weighted by atomic mass is 10.0. The number of carbonyl (C=O) groups excluding carboxylic acids is 2. The van der Waals surface area contributed by atoms with Crippen molar-refractivity contribution in [1.82, 2.24) is 0 Å². The van der Waals surface area contributed by atoms with E-state index < -0.39 is 16.8 Å². The number of esters is 1. The molecule has 1 aliphatic heterocycles. The van der Waals surface area contributed by atoms with E-state index in [9.17, 15) is 19.7 Å². The first-order valence-corrected chi connectivity index (χ1v) is 8.61. The van der Waals surface area contributed by atoms with E-state index in [2.05, 4.69) is 0 Å². The van der Waals surface area contributed by atoms with Crippen molar-refractivity contribution in [2.45, 2.75) is 6.92 Å². The van der Waals surface area contributed by atoms with E-state index in [-0.39, 0.29) is 16.8 Å². The zero-order valence-corrected chi connectivity index (χ0v) is 16.0. The van der Waals surface area contributed by atoms with Crippen LogP contribution in [-0.2, 0) is 14.3 Å². The largest absolute Gasteiger partial charge is 0.497 e. The molecule has 1 aliphatic rings. The molecule has 0 N–H and O–H groups in total. The van der Waals surface area contributed by atoms with E-state index >= 15 is 0 Å². The number of anilines is 1. The third kappa shape index (κ3) is 3.73. The number of nitro benzene ring substituents is 1. The van der Waals surface area contributed by atoms with E-state index in [0.29, 0.717) is 22.7 Å². The Bertz CT molecular complexity index is 1050. The lowest BCUT2D eigenvalue weighted by Gasteiger charge is -2.18. The number of ether oxygens (including phenoxy) is 2. The quantitative estimate of drug-likeness (QED) is 0.333. The first kappa shape index (κ1) is 19.8. The second kappa shape index (κ2) is 7.97. The van der Waals surface area contributed by atoms with E-state index in [0.717, 1.165) is 0 Å². The number of non-ortho nitro benzene ring substituents is 1. The summed E-state index contributed by atoms with van der Waals surface area (Å²) in [6.45, 7) is 1.64. The molecule has 0 aromatic heterocycles. The summed E-state index contributed by atoms with van der Waals surface area (Å²) in [5.41, 5.74) is 1.48. The van der Waals surface area contributed by atoms with Crippen LogP contribution in [0.3, 0.4) is 0 Å². The van der Waals surface area contributed by atoms with Gasteiger partial charge in [0.2, 0.25) is 0 Å². The Hall–Kier alpha value is -3.94.